The number of hydrogen-bond acceptors (Lipinski definition) is 3. The maximum absolute atomic E-state index is 13.5. The number of aliphatic imine (C=N–C) groups is 1. The van der Waals surface area contributed by atoms with Crippen molar-refractivity contribution in [1.29, 1.82) is 0 Å². The summed E-state index contributed by atoms with van der Waals surface area (Å²) in [6, 6.07) is 11.4. The van der Waals surface area contributed by atoms with Crippen molar-refractivity contribution >= 4 is 23.2 Å². The summed E-state index contributed by atoms with van der Waals surface area (Å²) in [6.07, 6.45) is -0.332. The average molecular weight is 352 g/mol. The summed E-state index contributed by atoms with van der Waals surface area (Å²) in [5.41, 5.74) is 6.52. The quantitative estimate of drug-likeness (QED) is 0.615. The normalized spacial score (nSPS) is 12.6. The highest BCUT2D eigenvalue weighted by molar-refractivity contribution is 6.32. The van der Waals surface area contributed by atoms with Gasteiger partial charge >= 0.3 is 0 Å². The van der Waals surface area contributed by atoms with Crippen LogP contribution >= 0.6 is 11.6 Å². The smallest absolute Gasteiger partial charge is 0.193 e. The van der Waals surface area contributed by atoms with Gasteiger partial charge in [-0.1, -0.05) is 23.7 Å². The molecule has 0 saturated heterocycles. The van der Waals surface area contributed by atoms with Gasteiger partial charge in [0.25, 0.3) is 0 Å². The van der Waals surface area contributed by atoms with E-state index in [9.17, 15) is 4.39 Å². The Morgan fingerprint density at radius 3 is 2.71 bits per heavy atom. The molecule has 0 radical (unpaired) electrons. The molecule has 2 aromatic rings. The number of hydrogen-bond donors (Lipinski definition) is 2. The van der Waals surface area contributed by atoms with Crippen molar-refractivity contribution in [2.24, 2.45) is 10.7 Å². The zero-order valence-electron chi connectivity index (χ0n) is 13.4. The first-order chi connectivity index (χ1) is 11.5. The number of nitrogens with one attached hydrogen (secondary N) is 1. The molecule has 0 aliphatic rings. The summed E-state index contributed by atoms with van der Waals surface area (Å²) in [4.78, 5) is 4.18. The second-order valence-corrected chi connectivity index (χ2v) is 5.47. The standard InChI is InChI=1S/C17H19ClFN3O2/c1-11(24-16-6-4-3-5-14(16)19)10-21-17(20)22-12-7-8-15(23-2)13(18)9-12/h3-9,11H,10H2,1-2H3,(H3,20,21,22). The molecule has 0 aliphatic carbocycles. The Labute approximate surface area is 145 Å². The number of benzene rings is 2. The molecule has 7 heteroatoms. The van der Waals surface area contributed by atoms with Gasteiger partial charge in [-0.2, -0.15) is 0 Å². The van der Waals surface area contributed by atoms with E-state index in [4.69, 9.17) is 26.8 Å². The van der Waals surface area contributed by atoms with E-state index in [0.29, 0.717) is 16.5 Å². The number of guanidine groups is 1. The monoisotopic (exact) mass is 351 g/mol. The lowest BCUT2D eigenvalue weighted by Gasteiger charge is -2.14. The predicted octanol–water partition coefficient (Wildman–Crippen LogP) is 3.68. The first-order valence-corrected chi connectivity index (χ1v) is 7.69. The number of nitrogens with zero attached hydrogens (tertiary/aromatic N) is 1. The van der Waals surface area contributed by atoms with Crippen LogP contribution in [-0.2, 0) is 0 Å². The van der Waals surface area contributed by atoms with Crippen molar-refractivity contribution in [2.75, 3.05) is 19.0 Å². The number of methoxy groups -OCH3 is 1. The second kappa shape index (κ2) is 8.40. The van der Waals surface area contributed by atoms with Gasteiger partial charge in [-0.25, -0.2) is 9.38 Å². The second-order valence-electron chi connectivity index (χ2n) is 5.06. The molecule has 1 unspecified atom stereocenters. The van der Waals surface area contributed by atoms with Crippen molar-refractivity contribution in [2.45, 2.75) is 13.0 Å². The minimum atomic E-state index is -0.410. The number of ether oxygens (including phenoxy) is 2. The summed E-state index contributed by atoms with van der Waals surface area (Å²) in [6.45, 7) is 2.06. The highest BCUT2D eigenvalue weighted by Crippen LogP contribution is 2.27. The minimum absolute atomic E-state index is 0.189. The molecule has 0 fully saturated rings. The molecule has 0 heterocycles. The van der Waals surface area contributed by atoms with E-state index in [-0.39, 0.29) is 24.4 Å². The van der Waals surface area contributed by atoms with E-state index in [2.05, 4.69) is 10.3 Å². The van der Waals surface area contributed by atoms with Crippen LogP contribution in [0.4, 0.5) is 10.1 Å². The van der Waals surface area contributed by atoms with Crippen molar-refractivity contribution in [3.05, 3.63) is 53.3 Å². The van der Waals surface area contributed by atoms with E-state index < -0.39 is 5.82 Å². The fraction of sp³-hybridized carbons (Fsp3) is 0.235. The highest BCUT2D eigenvalue weighted by Gasteiger charge is 2.08. The van der Waals surface area contributed by atoms with Gasteiger partial charge < -0.3 is 20.5 Å². The molecule has 3 N–H and O–H groups in total. The zero-order valence-corrected chi connectivity index (χ0v) is 14.2. The van der Waals surface area contributed by atoms with Gasteiger partial charge in [0, 0.05) is 5.69 Å². The number of rotatable bonds is 6. The average Bonchev–Trinajstić information content (AvgIpc) is 2.55. The highest BCUT2D eigenvalue weighted by atomic mass is 35.5. The van der Waals surface area contributed by atoms with Crippen molar-refractivity contribution < 1.29 is 13.9 Å². The number of nitrogens with two attached hydrogens (primary N) is 1. The SMILES string of the molecule is COc1ccc(NC(N)=NCC(C)Oc2ccccc2F)cc1Cl. The van der Waals surface area contributed by atoms with Crippen LogP contribution in [0, 0.1) is 5.82 Å². The molecule has 2 aromatic carbocycles. The first-order valence-electron chi connectivity index (χ1n) is 7.31. The Kier molecular flexibility index (Phi) is 6.26. The number of para-hydroxylation sites is 1. The van der Waals surface area contributed by atoms with Gasteiger partial charge in [-0.15, -0.1) is 0 Å². The van der Waals surface area contributed by atoms with Gasteiger partial charge in [-0.05, 0) is 37.3 Å². The first kappa shape index (κ1) is 17.9. The number of halogens is 2. The molecular formula is C17H19ClFN3O2. The molecule has 0 aliphatic heterocycles. The summed E-state index contributed by atoms with van der Waals surface area (Å²) in [7, 11) is 1.54. The van der Waals surface area contributed by atoms with E-state index in [0.717, 1.165) is 0 Å². The third-order valence-corrected chi connectivity index (χ3v) is 3.40. The maximum atomic E-state index is 13.5. The maximum Gasteiger partial charge on any atom is 0.193 e. The third kappa shape index (κ3) is 5.03. The molecule has 0 bridgehead atoms. The molecule has 0 aromatic heterocycles. The molecule has 128 valence electrons. The Hall–Kier alpha value is -2.47. The van der Waals surface area contributed by atoms with Gasteiger partial charge in [0.05, 0.1) is 18.7 Å². The van der Waals surface area contributed by atoms with Crippen LogP contribution in [0.15, 0.2) is 47.5 Å². The zero-order chi connectivity index (χ0) is 17.5. The minimum Gasteiger partial charge on any atom is -0.495 e. The van der Waals surface area contributed by atoms with Gasteiger partial charge in [-0.3, -0.25) is 0 Å². The van der Waals surface area contributed by atoms with Gasteiger partial charge in [0.1, 0.15) is 11.9 Å². The van der Waals surface area contributed by atoms with E-state index >= 15 is 0 Å². The molecular weight excluding hydrogens is 333 g/mol. The Balaban J connectivity index is 1.91. The Morgan fingerprint density at radius 2 is 2.04 bits per heavy atom. The van der Waals surface area contributed by atoms with Crippen LogP contribution in [0.25, 0.3) is 0 Å². The number of anilines is 1. The topological polar surface area (TPSA) is 68.9 Å². The third-order valence-electron chi connectivity index (χ3n) is 3.11. The van der Waals surface area contributed by atoms with E-state index in [1.807, 2.05) is 0 Å². The van der Waals surface area contributed by atoms with Crippen LogP contribution in [0.1, 0.15) is 6.92 Å². The van der Waals surface area contributed by atoms with Crippen LogP contribution < -0.4 is 20.5 Å². The largest absolute Gasteiger partial charge is 0.495 e. The molecule has 1 atom stereocenters. The Morgan fingerprint density at radius 1 is 1.29 bits per heavy atom. The Bertz CT molecular complexity index is 725. The summed E-state index contributed by atoms with van der Waals surface area (Å²) in [5, 5.41) is 3.39. The molecule has 0 amide bonds. The fourth-order valence-corrected chi connectivity index (χ4v) is 2.21. The lowest BCUT2D eigenvalue weighted by Crippen LogP contribution is -2.25. The lowest BCUT2D eigenvalue weighted by atomic mass is 10.3. The fourth-order valence-electron chi connectivity index (χ4n) is 1.95. The summed E-state index contributed by atoms with van der Waals surface area (Å²) in [5.74, 6) is 0.561. The predicted molar refractivity (Wildman–Crippen MR) is 94.6 cm³/mol. The van der Waals surface area contributed by atoms with Crippen molar-refractivity contribution in [1.82, 2.24) is 0 Å². The van der Waals surface area contributed by atoms with Crippen molar-refractivity contribution in [3.8, 4) is 11.5 Å². The lowest BCUT2D eigenvalue weighted by molar-refractivity contribution is 0.220. The van der Waals surface area contributed by atoms with Crippen LogP contribution in [-0.4, -0.2) is 25.7 Å². The summed E-state index contributed by atoms with van der Waals surface area (Å²) >= 11 is 6.04. The van der Waals surface area contributed by atoms with Crippen molar-refractivity contribution in [3.63, 3.8) is 0 Å². The van der Waals surface area contributed by atoms with Crippen LogP contribution in [0.5, 0.6) is 11.5 Å². The van der Waals surface area contributed by atoms with Crippen LogP contribution in [0.2, 0.25) is 5.02 Å². The van der Waals surface area contributed by atoms with Gasteiger partial charge in [0.15, 0.2) is 17.5 Å². The van der Waals surface area contributed by atoms with E-state index in [1.165, 1.54) is 6.07 Å². The molecule has 2 rings (SSSR count). The molecule has 24 heavy (non-hydrogen) atoms. The van der Waals surface area contributed by atoms with E-state index in [1.54, 1.807) is 50.4 Å². The summed E-state index contributed by atoms with van der Waals surface area (Å²) < 4.78 is 24.1. The molecule has 5 nitrogen and oxygen atoms in total. The molecule has 0 saturated carbocycles. The molecule has 0 spiro atoms. The van der Waals surface area contributed by atoms with Crippen LogP contribution in [0.3, 0.4) is 0 Å². The van der Waals surface area contributed by atoms with Gasteiger partial charge in [0.2, 0.25) is 0 Å².